The molecule has 0 saturated heterocycles. The molecular weight excluding hydrogens is 260 g/mol. The van der Waals surface area contributed by atoms with Crippen LogP contribution in [0, 0.1) is 4.77 Å². The van der Waals surface area contributed by atoms with E-state index in [-0.39, 0.29) is 16.2 Å². The zero-order chi connectivity index (χ0) is 13.8. The summed E-state index contributed by atoms with van der Waals surface area (Å²) in [5.41, 5.74) is 1.18. The summed E-state index contributed by atoms with van der Waals surface area (Å²) >= 11 is 5.04. The maximum absolute atomic E-state index is 11.9. The molecule has 4 nitrogen and oxygen atoms in total. The largest absolute Gasteiger partial charge is 0.494 e. The summed E-state index contributed by atoms with van der Waals surface area (Å²) in [7, 11) is 0. The number of rotatable bonds is 3. The van der Waals surface area contributed by atoms with Gasteiger partial charge in [0, 0.05) is 6.54 Å². The first kappa shape index (κ1) is 13.8. The highest BCUT2D eigenvalue weighted by molar-refractivity contribution is 7.71. The van der Waals surface area contributed by atoms with Gasteiger partial charge in [-0.25, -0.2) is 0 Å². The van der Waals surface area contributed by atoms with E-state index in [1.54, 1.807) is 6.08 Å². The Labute approximate surface area is 117 Å². The first-order valence-electron chi connectivity index (χ1n) is 6.50. The summed E-state index contributed by atoms with van der Waals surface area (Å²) < 4.78 is 1.69. The Bertz CT molecular complexity index is 617. The average Bonchev–Trinajstić information content (AvgIpc) is 2.41. The fraction of sp³-hybridized carbons (Fsp3) is 0.429. The Kier molecular flexibility index (Phi) is 4.37. The van der Waals surface area contributed by atoms with E-state index < -0.39 is 0 Å². The van der Waals surface area contributed by atoms with E-state index in [0.717, 1.165) is 25.7 Å². The van der Waals surface area contributed by atoms with Crippen LogP contribution in [0.25, 0.3) is 6.08 Å². The van der Waals surface area contributed by atoms with Crippen molar-refractivity contribution in [3.05, 3.63) is 38.9 Å². The number of H-pyrrole nitrogens is 1. The molecule has 1 aliphatic rings. The standard InChI is InChI=1S/C14H18N2O2S/c1-2-8-16-13(18)11(12(17)15-14(16)19)9-10-6-4-3-5-7-10/h2,9,18H,1,3-8H2,(H,15,17,19). The van der Waals surface area contributed by atoms with Crippen molar-refractivity contribution in [2.24, 2.45) is 0 Å². The maximum atomic E-state index is 11.9. The molecule has 19 heavy (non-hydrogen) atoms. The monoisotopic (exact) mass is 278 g/mol. The zero-order valence-electron chi connectivity index (χ0n) is 10.8. The highest BCUT2D eigenvalue weighted by atomic mass is 32.1. The summed E-state index contributed by atoms with van der Waals surface area (Å²) in [6.07, 6.45) is 8.97. The molecule has 0 aromatic carbocycles. The molecule has 0 radical (unpaired) electrons. The van der Waals surface area contributed by atoms with Gasteiger partial charge >= 0.3 is 0 Å². The van der Waals surface area contributed by atoms with Crippen LogP contribution < -0.4 is 5.56 Å². The third-order valence-corrected chi connectivity index (χ3v) is 3.69. The Morgan fingerprint density at radius 1 is 1.37 bits per heavy atom. The van der Waals surface area contributed by atoms with Crippen molar-refractivity contribution in [3.63, 3.8) is 0 Å². The van der Waals surface area contributed by atoms with Crippen molar-refractivity contribution in [2.45, 2.75) is 38.6 Å². The molecule has 2 N–H and O–H groups in total. The quantitative estimate of drug-likeness (QED) is 0.659. The number of hydrogen-bond acceptors (Lipinski definition) is 3. The second-order valence-electron chi connectivity index (χ2n) is 4.76. The molecule has 1 saturated carbocycles. The van der Waals surface area contributed by atoms with Crippen molar-refractivity contribution >= 4 is 18.3 Å². The van der Waals surface area contributed by atoms with Crippen molar-refractivity contribution in [2.75, 3.05) is 0 Å². The molecule has 0 unspecified atom stereocenters. The van der Waals surface area contributed by atoms with Crippen LogP contribution in [0.2, 0.25) is 0 Å². The van der Waals surface area contributed by atoms with Gasteiger partial charge in [-0.1, -0.05) is 18.1 Å². The zero-order valence-corrected chi connectivity index (χ0v) is 11.6. The van der Waals surface area contributed by atoms with E-state index in [0.29, 0.717) is 12.1 Å². The van der Waals surface area contributed by atoms with E-state index in [4.69, 9.17) is 12.2 Å². The number of nitrogens with zero attached hydrogens (tertiary/aromatic N) is 1. The Balaban J connectivity index is 2.50. The third kappa shape index (κ3) is 3.04. The molecule has 1 fully saturated rings. The lowest BCUT2D eigenvalue weighted by atomic mass is 9.94. The summed E-state index contributed by atoms with van der Waals surface area (Å²) in [5.74, 6) is -0.0771. The van der Waals surface area contributed by atoms with E-state index in [1.165, 1.54) is 16.6 Å². The second-order valence-corrected chi connectivity index (χ2v) is 5.15. The molecule has 2 rings (SSSR count). The Hall–Kier alpha value is -1.62. The minimum atomic E-state index is -0.333. The van der Waals surface area contributed by atoms with Crippen LogP contribution in [0.4, 0.5) is 0 Å². The molecule has 102 valence electrons. The van der Waals surface area contributed by atoms with Crippen molar-refractivity contribution in [1.82, 2.24) is 9.55 Å². The van der Waals surface area contributed by atoms with Crippen LogP contribution in [0.3, 0.4) is 0 Å². The lowest BCUT2D eigenvalue weighted by Crippen LogP contribution is -2.16. The van der Waals surface area contributed by atoms with Crippen LogP contribution in [0.5, 0.6) is 5.88 Å². The molecule has 1 aromatic rings. The summed E-state index contributed by atoms with van der Waals surface area (Å²) in [5, 5.41) is 10.2. The summed E-state index contributed by atoms with van der Waals surface area (Å²) in [6.45, 7) is 3.99. The predicted octanol–water partition coefficient (Wildman–Crippen LogP) is 3.14. The minimum absolute atomic E-state index is 0.0771. The number of aromatic amines is 1. The Morgan fingerprint density at radius 2 is 2.05 bits per heavy atom. The molecule has 0 atom stereocenters. The molecule has 5 heteroatoms. The molecule has 1 aromatic heterocycles. The van der Waals surface area contributed by atoms with Gasteiger partial charge in [-0.15, -0.1) is 6.58 Å². The fourth-order valence-electron chi connectivity index (χ4n) is 2.36. The van der Waals surface area contributed by atoms with Crippen LogP contribution in [-0.2, 0) is 6.54 Å². The van der Waals surface area contributed by atoms with Crippen molar-refractivity contribution in [3.8, 4) is 5.88 Å². The number of aromatic nitrogens is 2. The lowest BCUT2D eigenvalue weighted by Gasteiger charge is -2.14. The molecule has 0 bridgehead atoms. The molecule has 1 aliphatic carbocycles. The van der Waals surface area contributed by atoms with Crippen LogP contribution in [0.15, 0.2) is 23.0 Å². The van der Waals surface area contributed by atoms with Crippen LogP contribution in [0.1, 0.15) is 37.7 Å². The average molecular weight is 278 g/mol. The van der Waals surface area contributed by atoms with Gasteiger partial charge in [0.05, 0.1) is 5.56 Å². The van der Waals surface area contributed by atoms with Gasteiger partial charge in [0.2, 0.25) is 5.88 Å². The summed E-state index contributed by atoms with van der Waals surface area (Å²) in [4.78, 5) is 14.5. The molecule has 0 spiro atoms. The number of nitrogens with one attached hydrogen (secondary N) is 1. The van der Waals surface area contributed by atoms with Gasteiger partial charge in [-0.05, 0) is 44.0 Å². The van der Waals surface area contributed by atoms with Crippen molar-refractivity contribution < 1.29 is 5.11 Å². The van der Waals surface area contributed by atoms with E-state index in [1.807, 2.05) is 6.08 Å². The number of hydrogen-bond donors (Lipinski definition) is 2. The molecule has 1 heterocycles. The number of aromatic hydroxyl groups is 1. The topological polar surface area (TPSA) is 58.0 Å². The smallest absolute Gasteiger partial charge is 0.262 e. The maximum Gasteiger partial charge on any atom is 0.262 e. The van der Waals surface area contributed by atoms with Gasteiger partial charge in [0.25, 0.3) is 5.56 Å². The SMILES string of the molecule is C=CCn1c(O)c(C=C2CCCCC2)c(=O)[nH]c1=S. The third-order valence-electron chi connectivity index (χ3n) is 3.36. The Morgan fingerprint density at radius 3 is 2.68 bits per heavy atom. The van der Waals surface area contributed by atoms with Crippen LogP contribution >= 0.6 is 12.2 Å². The predicted molar refractivity (Wildman–Crippen MR) is 78.8 cm³/mol. The lowest BCUT2D eigenvalue weighted by molar-refractivity contribution is 0.412. The first-order chi connectivity index (χ1) is 9.13. The highest BCUT2D eigenvalue weighted by Gasteiger charge is 2.12. The van der Waals surface area contributed by atoms with Gasteiger partial charge in [0.1, 0.15) is 0 Å². The van der Waals surface area contributed by atoms with Gasteiger partial charge in [0.15, 0.2) is 4.77 Å². The van der Waals surface area contributed by atoms with Gasteiger partial charge in [-0.2, -0.15) is 0 Å². The highest BCUT2D eigenvalue weighted by Crippen LogP contribution is 2.26. The fourth-order valence-corrected chi connectivity index (χ4v) is 2.61. The van der Waals surface area contributed by atoms with E-state index in [2.05, 4.69) is 11.6 Å². The van der Waals surface area contributed by atoms with Gasteiger partial charge < -0.3 is 5.11 Å². The molecular formula is C14H18N2O2S. The van der Waals surface area contributed by atoms with E-state index in [9.17, 15) is 9.90 Å². The van der Waals surface area contributed by atoms with Crippen LogP contribution in [-0.4, -0.2) is 14.7 Å². The molecule has 0 aliphatic heterocycles. The van der Waals surface area contributed by atoms with E-state index >= 15 is 0 Å². The summed E-state index contributed by atoms with van der Waals surface area (Å²) in [6, 6.07) is 0. The number of allylic oxidation sites excluding steroid dienone is 2. The first-order valence-corrected chi connectivity index (χ1v) is 6.90. The van der Waals surface area contributed by atoms with Crippen molar-refractivity contribution in [1.29, 1.82) is 0 Å². The normalized spacial score (nSPS) is 15.3. The van der Waals surface area contributed by atoms with Gasteiger partial charge in [-0.3, -0.25) is 14.3 Å². The second kappa shape index (κ2) is 6.02. The molecule has 0 amide bonds. The minimum Gasteiger partial charge on any atom is -0.494 e.